The van der Waals surface area contributed by atoms with E-state index in [1.165, 1.54) is 0 Å². The summed E-state index contributed by atoms with van der Waals surface area (Å²) in [6, 6.07) is 3.91. The van der Waals surface area contributed by atoms with Crippen molar-refractivity contribution in [1.82, 2.24) is 15.6 Å². The SMILES string of the molecule is CN=C(NCCc1cc(Cl)c2c(c1)OCCO2)NCc1nc(C(C)C)cs1.I. The van der Waals surface area contributed by atoms with Crippen molar-refractivity contribution >= 4 is 52.9 Å². The van der Waals surface area contributed by atoms with Gasteiger partial charge in [-0.25, -0.2) is 4.98 Å². The topological polar surface area (TPSA) is 67.8 Å². The van der Waals surface area contributed by atoms with Crippen molar-refractivity contribution in [2.75, 3.05) is 26.8 Å². The van der Waals surface area contributed by atoms with Crippen LogP contribution in [0.15, 0.2) is 22.5 Å². The van der Waals surface area contributed by atoms with E-state index in [0.717, 1.165) is 40.9 Å². The second-order valence-corrected chi connectivity index (χ2v) is 7.88. The lowest BCUT2D eigenvalue weighted by Gasteiger charge is -2.20. The predicted octanol–water partition coefficient (Wildman–Crippen LogP) is 4.22. The average Bonchev–Trinajstić information content (AvgIpc) is 3.14. The van der Waals surface area contributed by atoms with Crippen LogP contribution in [-0.2, 0) is 13.0 Å². The Morgan fingerprint density at radius 2 is 2.07 bits per heavy atom. The van der Waals surface area contributed by atoms with Crippen LogP contribution in [0, 0.1) is 0 Å². The molecule has 0 saturated heterocycles. The number of nitrogens with one attached hydrogen (secondary N) is 2. The fourth-order valence-electron chi connectivity index (χ4n) is 2.69. The molecular formula is C19H26ClIN4O2S. The number of nitrogens with zero attached hydrogens (tertiary/aromatic N) is 2. The summed E-state index contributed by atoms with van der Waals surface area (Å²) in [7, 11) is 1.76. The number of aliphatic imine (C=N–C) groups is 1. The summed E-state index contributed by atoms with van der Waals surface area (Å²) < 4.78 is 11.2. The summed E-state index contributed by atoms with van der Waals surface area (Å²) in [6.07, 6.45) is 0.797. The quantitative estimate of drug-likeness (QED) is 0.329. The zero-order valence-corrected chi connectivity index (χ0v) is 20.2. The molecule has 3 rings (SSSR count). The van der Waals surface area contributed by atoms with Gasteiger partial charge in [0.05, 0.1) is 17.3 Å². The number of rotatable bonds is 6. The molecule has 0 saturated carbocycles. The van der Waals surface area contributed by atoms with E-state index < -0.39 is 0 Å². The molecule has 1 aliphatic rings. The van der Waals surface area contributed by atoms with Crippen LogP contribution in [0.2, 0.25) is 5.02 Å². The average molecular weight is 537 g/mol. The first kappa shape index (κ1) is 23.0. The molecule has 0 unspecified atom stereocenters. The zero-order chi connectivity index (χ0) is 19.2. The van der Waals surface area contributed by atoms with Crippen molar-refractivity contribution in [3.8, 4) is 11.5 Å². The molecular weight excluding hydrogens is 511 g/mol. The largest absolute Gasteiger partial charge is 0.486 e. The van der Waals surface area contributed by atoms with Crippen LogP contribution < -0.4 is 20.1 Å². The molecule has 1 aliphatic heterocycles. The van der Waals surface area contributed by atoms with Gasteiger partial charge in [-0.15, -0.1) is 35.3 Å². The minimum atomic E-state index is 0. The molecule has 0 spiro atoms. The number of fused-ring (bicyclic) bond motifs is 1. The Kier molecular flexibility index (Phi) is 9.10. The van der Waals surface area contributed by atoms with Crippen molar-refractivity contribution < 1.29 is 9.47 Å². The van der Waals surface area contributed by atoms with Gasteiger partial charge < -0.3 is 20.1 Å². The molecule has 0 amide bonds. The second-order valence-electron chi connectivity index (χ2n) is 6.53. The summed E-state index contributed by atoms with van der Waals surface area (Å²) in [5, 5.41) is 10.4. The number of aromatic nitrogens is 1. The highest BCUT2D eigenvalue weighted by atomic mass is 127. The summed E-state index contributed by atoms with van der Waals surface area (Å²) in [4.78, 5) is 8.89. The Morgan fingerprint density at radius 3 is 2.79 bits per heavy atom. The van der Waals surface area contributed by atoms with Crippen molar-refractivity contribution in [2.45, 2.75) is 32.7 Å². The fourth-order valence-corrected chi connectivity index (χ4v) is 3.87. The number of halogens is 2. The van der Waals surface area contributed by atoms with Crippen molar-refractivity contribution in [3.05, 3.63) is 38.8 Å². The first-order chi connectivity index (χ1) is 13.1. The molecule has 154 valence electrons. The molecule has 1 aromatic carbocycles. The summed E-state index contributed by atoms with van der Waals surface area (Å²) in [6.45, 7) is 6.77. The highest BCUT2D eigenvalue weighted by Crippen LogP contribution is 2.38. The summed E-state index contributed by atoms with van der Waals surface area (Å²) in [5.74, 6) is 2.56. The number of ether oxygens (including phenoxy) is 2. The standard InChI is InChI=1S/C19H25ClN4O2S.HI/c1-12(2)15-11-27-17(24-15)10-23-19(21-3)22-5-4-13-8-14(20)18-16(9-13)25-6-7-26-18;/h8-9,11-12H,4-7,10H2,1-3H3,(H2,21,22,23);1H. The Morgan fingerprint density at radius 1 is 1.29 bits per heavy atom. The lowest BCUT2D eigenvalue weighted by molar-refractivity contribution is 0.171. The van der Waals surface area contributed by atoms with Gasteiger partial charge in [-0.05, 0) is 30.0 Å². The summed E-state index contributed by atoms with van der Waals surface area (Å²) >= 11 is 7.96. The maximum absolute atomic E-state index is 6.29. The van der Waals surface area contributed by atoms with Crippen LogP contribution in [0.1, 0.15) is 36.0 Å². The maximum atomic E-state index is 6.29. The number of guanidine groups is 1. The molecule has 0 fully saturated rings. The summed E-state index contributed by atoms with van der Waals surface area (Å²) in [5.41, 5.74) is 2.23. The van der Waals surface area contributed by atoms with E-state index in [0.29, 0.717) is 36.4 Å². The van der Waals surface area contributed by atoms with Gasteiger partial charge in [0, 0.05) is 19.0 Å². The molecule has 9 heteroatoms. The molecule has 2 N–H and O–H groups in total. The lowest BCUT2D eigenvalue weighted by atomic mass is 10.1. The van der Waals surface area contributed by atoms with E-state index in [-0.39, 0.29) is 24.0 Å². The van der Waals surface area contributed by atoms with E-state index in [1.54, 1.807) is 18.4 Å². The highest BCUT2D eigenvalue weighted by molar-refractivity contribution is 14.0. The van der Waals surface area contributed by atoms with Gasteiger partial charge in [0.2, 0.25) is 0 Å². The minimum Gasteiger partial charge on any atom is -0.486 e. The Bertz CT molecular complexity index is 813. The Hall–Kier alpha value is -1.26. The van der Waals surface area contributed by atoms with Gasteiger partial charge in [0.1, 0.15) is 18.2 Å². The molecule has 0 atom stereocenters. The third-order valence-corrected chi connectivity index (χ3v) is 5.30. The maximum Gasteiger partial charge on any atom is 0.191 e. The van der Waals surface area contributed by atoms with E-state index in [9.17, 15) is 0 Å². The Labute approximate surface area is 192 Å². The van der Waals surface area contributed by atoms with Crippen LogP contribution in [-0.4, -0.2) is 37.7 Å². The van der Waals surface area contributed by atoms with Crippen LogP contribution in [0.5, 0.6) is 11.5 Å². The second kappa shape index (κ2) is 11.1. The van der Waals surface area contributed by atoms with Crippen molar-refractivity contribution in [2.24, 2.45) is 4.99 Å². The van der Waals surface area contributed by atoms with E-state index >= 15 is 0 Å². The van der Waals surface area contributed by atoms with Crippen LogP contribution in [0.4, 0.5) is 0 Å². The first-order valence-corrected chi connectivity index (χ1v) is 10.3. The molecule has 0 radical (unpaired) electrons. The lowest BCUT2D eigenvalue weighted by Crippen LogP contribution is -2.37. The third-order valence-electron chi connectivity index (χ3n) is 4.15. The predicted molar refractivity (Wildman–Crippen MR) is 126 cm³/mol. The number of hydrogen-bond donors (Lipinski definition) is 2. The van der Waals surface area contributed by atoms with E-state index in [1.807, 2.05) is 12.1 Å². The molecule has 0 bridgehead atoms. The van der Waals surface area contributed by atoms with Gasteiger partial charge in [0.15, 0.2) is 17.5 Å². The molecule has 1 aromatic heterocycles. The van der Waals surface area contributed by atoms with Gasteiger partial charge >= 0.3 is 0 Å². The van der Waals surface area contributed by atoms with E-state index in [4.69, 9.17) is 21.1 Å². The zero-order valence-electron chi connectivity index (χ0n) is 16.3. The molecule has 2 heterocycles. The minimum absolute atomic E-state index is 0. The van der Waals surface area contributed by atoms with Crippen LogP contribution >= 0.6 is 46.9 Å². The normalized spacial score (nSPS) is 13.2. The smallest absolute Gasteiger partial charge is 0.191 e. The number of hydrogen-bond acceptors (Lipinski definition) is 5. The molecule has 6 nitrogen and oxygen atoms in total. The van der Waals surface area contributed by atoms with Gasteiger partial charge in [-0.3, -0.25) is 4.99 Å². The Balaban J connectivity index is 0.00000280. The molecule has 28 heavy (non-hydrogen) atoms. The third kappa shape index (κ3) is 6.12. The van der Waals surface area contributed by atoms with Crippen LogP contribution in [0.25, 0.3) is 0 Å². The number of benzene rings is 1. The van der Waals surface area contributed by atoms with Crippen molar-refractivity contribution in [1.29, 1.82) is 0 Å². The fraction of sp³-hybridized carbons (Fsp3) is 0.474. The highest BCUT2D eigenvalue weighted by Gasteiger charge is 2.16. The van der Waals surface area contributed by atoms with Gasteiger partial charge in [-0.1, -0.05) is 25.4 Å². The monoisotopic (exact) mass is 536 g/mol. The van der Waals surface area contributed by atoms with Crippen molar-refractivity contribution in [3.63, 3.8) is 0 Å². The van der Waals surface area contributed by atoms with Gasteiger partial charge in [0.25, 0.3) is 0 Å². The van der Waals surface area contributed by atoms with Crippen LogP contribution in [0.3, 0.4) is 0 Å². The number of thiazole rings is 1. The molecule has 2 aromatic rings. The first-order valence-electron chi connectivity index (χ1n) is 9.03. The molecule has 0 aliphatic carbocycles. The van der Waals surface area contributed by atoms with E-state index in [2.05, 4.69) is 39.8 Å². The van der Waals surface area contributed by atoms with Gasteiger partial charge in [-0.2, -0.15) is 0 Å².